The van der Waals surface area contributed by atoms with E-state index in [0.717, 1.165) is 42.1 Å². The van der Waals surface area contributed by atoms with E-state index in [-0.39, 0.29) is 11.5 Å². The molecule has 2 heterocycles. The summed E-state index contributed by atoms with van der Waals surface area (Å²) in [6.45, 7) is 5.16. The van der Waals surface area contributed by atoms with Crippen LogP contribution in [0, 0.1) is 0 Å². The van der Waals surface area contributed by atoms with Gasteiger partial charge in [0.2, 0.25) is 5.91 Å². The Hall–Kier alpha value is -1.20. The molecule has 1 aromatic rings. The first-order valence-corrected chi connectivity index (χ1v) is 8.54. The fourth-order valence-electron chi connectivity index (χ4n) is 2.91. The van der Waals surface area contributed by atoms with E-state index in [1.54, 1.807) is 11.8 Å². The van der Waals surface area contributed by atoms with Crippen LogP contribution in [0.25, 0.3) is 0 Å². The summed E-state index contributed by atoms with van der Waals surface area (Å²) in [6.07, 6.45) is 3.07. The number of ether oxygens (including phenoxy) is 1. The smallest absolute Gasteiger partial charge is 0.234 e. The van der Waals surface area contributed by atoms with Crippen LogP contribution < -0.4 is 10.6 Å². The molecule has 21 heavy (non-hydrogen) atoms. The Morgan fingerprint density at radius 2 is 2.38 bits per heavy atom. The zero-order valence-electron chi connectivity index (χ0n) is 12.6. The molecule has 0 aromatic heterocycles. The summed E-state index contributed by atoms with van der Waals surface area (Å²) < 4.78 is 5.89. The minimum absolute atomic E-state index is 0.0197. The number of carbonyl (C=O) groups excluding carboxylic acids is 1. The van der Waals surface area contributed by atoms with E-state index in [2.05, 4.69) is 36.6 Å². The van der Waals surface area contributed by atoms with Crippen LogP contribution in [0.15, 0.2) is 23.1 Å². The van der Waals surface area contributed by atoms with E-state index in [9.17, 15) is 4.79 Å². The Morgan fingerprint density at radius 3 is 3.19 bits per heavy atom. The van der Waals surface area contributed by atoms with Crippen LogP contribution in [0.5, 0.6) is 0 Å². The van der Waals surface area contributed by atoms with Crippen LogP contribution in [-0.4, -0.2) is 29.9 Å². The largest absolute Gasteiger partial charge is 0.382 e. The molecular formula is C16H22N2O2S. The van der Waals surface area contributed by atoms with Gasteiger partial charge >= 0.3 is 0 Å². The first kappa shape index (κ1) is 14.7. The van der Waals surface area contributed by atoms with Gasteiger partial charge in [0.05, 0.1) is 17.0 Å². The Morgan fingerprint density at radius 1 is 1.52 bits per heavy atom. The molecule has 114 valence electrons. The van der Waals surface area contributed by atoms with Crippen molar-refractivity contribution < 1.29 is 9.53 Å². The minimum Gasteiger partial charge on any atom is -0.382 e. The molecule has 1 amide bonds. The second-order valence-electron chi connectivity index (χ2n) is 6.03. The molecular weight excluding hydrogens is 284 g/mol. The molecule has 3 rings (SSSR count). The number of hydrogen-bond acceptors (Lipinski definition) is 4. The highest BCUT2D eigenvalue weighted by atomic mass is 32.2. The van der Waals surface area contributed by atoms with Crippen LogP contribution in [0.4, 0.5) is 11.4 Å². The molecule has 0 bridgehead atoms. The lowest BCUT2D eigenvalue weighted by atomic mass is 9.90. The van der Waals surface area contributed by atoms with E-state index < -0.39 is 0 Å². The number of hydrogen-bond donors (Lipinski definition) is 2. The molecule has 2 N–H and O–H groups in total. The molecule has 1 saturated heterocycles. The molecule has 1 fully saturated rings. The highest BCUT2D eigenvalue weighted by Gasteiger charge is 2.31. The third-order valence-corrected chi connectivity index (χ3v) is 5.40. The van der Waals surface area contributed by atoms with Crippen molar-refractivity contribution in [2.45, 2.75) is 49.6 Å². The molecule has 0 aliphatic carbocycles. The Kier molecular flexibility index (Phi) is 4.13. The quantitative estimate of drug-likeness (QED) is 0.897. The van der Waals surface area contributed by atoms with Gasteiger partial charge in [-0.25, -0.2) is 0 Å². The zero-order valence-corrected chi connectivity index (χ0v) is 13.4. The van der Waals surface area contributed by atoms with Gasteiger partial charge < -0.3 is 15.4 Å². The average molecular weight is 306 g/mol. The lowest BCUT2D eigenvalue weighted by Crippen LogP contribution is -2.41. The van der Waals surface area contributed by atoms with E-state index in [4.69, 9.17) is 4.74 Å². The zero-order chi connectivity index (χ0) is 14.9. The van der Waals surface area contributed by atoms with Crippen molar-refractivity contribution in [3.8, 4) is 0 Å². The monoisotopic (exact) mass is 306 g/mol. The summed E-state index contributed by atoms with van der Waals surface area (Å²) in [5.74, 6) is 0.587. The van der Waals surface area contributed by atoms with Crippen molar-refractivity contribution in [1.29, 1.82) is 0 Å². The normalized spacial score (nSPS) is 28.7. The average Bonchev–Trinajstić information content (AvgIpc) is 2.47. The molecule has 5 heteroatoms. The number of fused-ring (bicyclic) bond motifs is 1. The topological polar surface area (TPSA) is 50.4 Å². The lowest BCUT2D eigenvalue weighted by Gasteiger charge is -2.38. The molecule has 0 saturated carbocycles. The summed E-state index contributed by atoms with van der Waals surface area (Å²) in [5, 5.41) is 6.54. The minimum atomic E-state index is -0.0197. The van der Waals surface area contributed by atoms with Crippen LogP contribution >= 0.6 is 11.8 Å². The van der Waals surface area contributed by atoms with Crippen LogP contribution in [-0.2, 0) is 9.53 Å². The van der Waals surface area contributed by atoms with E-state index in [1.807, 2.05) is 6.07 Å². The Bertz CT molecular complexity index is 549. The van der Waals surface area contributed by atoms with Gasteiger partial charge in [0, 0.05) is 23.2 Å². The second kappa shape index (κ2) is 5.89. The molecule has 1 aromatic carbocycles. The number of rotatable bonds is 3. The third kappa shape index (κ3) is 3.35. The maximum absolute atomic E-state index is 11.5. The molecule has 4 nitrogen and oxygen atoms in total. The number of benzene rings is 1. The van der Waals surface area contributed by atoms with Crippen LogP contribution in [0.3, 0.4) is 0 Å². The summed E-state index contributed by atoms with van der Waals surface area (Å²) >= 11 is 1.60. The van der Waals surface area contributed by atoms with Gasteiger partial charge in [-0.05, 0) is 44.4 Å². The SMILES string of the molecule is CCC1(C)CC(Nc2ccc3c(c2)NC(=O)CS3)CCO1. The predicted octanol–water partition coefficient (Wildman–Crippen LogP) is 3.49. The number of thioether (sulfide) groups is 1. The van der Waals surface area contributed by atoms with Crippen molar-refractivity contribution >= 4 is 29.0 Å². The number of amides is 1. The van der Waals surface area contributed by atoms with Gasteiger partial charge in [0.1, 0.15) is 0 Å². The van der Waals surface area contributed by atoms with Crippen molar-refractivity contribution in [3.05, 3.63) is 18.2 Å². The fourth-order valence-corrected chi connectivity index (χ4v) is 3.70. The molecule has 2 aliphatic heterocycles. The summed E-state index contributed by atoms with van der Waals surface area (Å²) in [6, 6.07) is 6.65. The Labute approximate surface area is 130 Å². The van der Waals surface area contributed by atoms with Gasteiger partial charge in [-0.1, -0.05) is 6.92 Å². The summed E-state index contributed by atoms with van der Waals surface area (Å²) in [7, 11) is 0. The second-order valence-corrected chi connectivity index (χ2v) is 7.05. The van der Waals surface area contributed by atoms with E-state index in [0.29, 0.717) is 11.8 Å². The first-order valence-electron chi connectivity index (χ1n) is 7.55. The number of nitrogens with one attached hydrogen (secondary N) is 2. The lowest BCUT2D eigenvalue weighted by molar-refractivity contribution is -0.113. The Balaban J connectivity index is 1.70. The molecule has 0 spiro atoms. The molecule has 2 aliphatic rings. The van der Waals surface area contributed by atoms with Crippen molar-refractivity contribution in [2.75, 3.05) is 23.0 Å². The van der Waals surface area contributed by atoms with Gasteiger partial charge in [-0.15, -0.1) is 11.8 Å². The van der Waals surface area contributed by atoms with E-state index >= 15 is 0 Å². The van der Waals surface area contributed by atoms with Gasteiger partial charge in [0.15, 0.2) is 0 Å². The van der Waals surface area contributed by atoms with Crippen molar-refractivity contribution in [1.82, 2.24) is 0 Å². The van der Waals surface area contributed by atoms with Gasteiger partial charge in [-0.2, -0.15) is 0 Å². The van der Waals surface area contributed by atoms with Gasteiger partial charge in [-0.3, -0.25) is 4.79 Å². The molecule has 2 atom stereocenters. The highest BCUT2D eigenvalue weighted by Crippen LogP contribution is 2.35. The number of carbonyl (C=O) groups is 1. The summed E-state index contributed by atoms with van der Waals surface area (Å²) in [5.41, 5.74) is 1.97. The fraction of sp³-hybridized carbons (Fsp3) is 0.562. The predicted molar refractivity (Wildman–Crippen MR) is 87.1 cm³/mol. The number of anilines is 2. The van der Waals surface area contributed by atoms with E-state index in [1.165, 1.54) is 0 Å². The molecule has 0 radical (unpaired) electrons. The highest BCUT2D eigenvalue weighted by molar-refractivity contribution is 8.00. The van der Waals surface area contributed by atoms with Crippen molar-refractivity contribution in [3.63, 3.8) is 0 Å². The first-order chi connectivity index (χ1) is 10.1. The standard InChI is InChI=1S/C16H22N2O2S/c1-3-16(2)9-12(6-7-20-16)17-11-4-5-14-13(8-11)18-15(19)10-21-14/h4-5,8,12,17H,3,6-7,9-10H2,1-2H3,(H,18,19). The third-order valence-electron chi connectivity index (χ3n) is 4.33. The maximum Gasteiger partial charge on any atom is 0.234 e. The maximum atomic E-state index is 11.5. The van der Waals surface area contributed by atoms with Crippen molar-refractivity contribution in [2.24, 2.45) is 0 Å². The molecule has 2 unspecified atom stereocenters. The van der Waals surface area contributed by atoms with Gasteiger partial charge in [0.25, 0.3) is 0 Å². The summed E-state index contributed by atoms with van der Waals surface area (Å²) in [4.78, 5) is 12.6. The van der Waals surface area contributed by atoms with Crippen LogP contribution in [0.1, 0.15) is 33.1 Å². The van der Waals surface area contributed by atoms with Crippen LogP contribution in [0.2, 0.25) is 0 Å².